The summed E-state index contributed by atoms with van der Waals surface area (Å²) in [5.41, 5.74) is 1.73. The van der Waals surface area contributed by atoms with Gasteiger partial charge in [-0.2, -0.15) is 5.10 Å². The molecule has 2 aromatic carbocycles. The van der Waals surface area contributed by atoms with Crippen LogP contribution in [0, 0.1) is 20.2 Å². The van der Waals surface area contributed by atoms with Gasteiger partial charge >= 0.3 is 5.69 Å². The first kappa shape index (κ1) is 18.1. The quantitative estimate of drug-likeness (QED) is 0.356. The number of non-ortho nitro benzene ring substituents is 1. The second-order valence-electron chi connectivity index (χ2n) is 5.16. The maximum atomic E-state index is 11.1. The summed E-state index contributed by atoms with van der Waals surface area (Å²) in [5.74, 6) is 0.450. The number of furan rings is 1. The van der Waals surface area contributed by atoms with Crippen LogP contribution in [-0.2, 0) is 0 Å². The third kappa shape index (κ3) is 4.70. The first-order valence-electron chi connectivity index (χ1n) is 7.57. The Morgan fingerprint density at radius 3 is 2.48 bits per heavy atom. The fourth-order valence-corrected chi connectivity index (χ4v) is 2.91. The molecule has 136 valence electrons. The molecule has 0 saturated heterocycles. The van der Waals surface area contributed by atoms with Gasteiger partial charge in [-0.3, -0.25) is 25.7 Å². The van der Waals surface area contributed by atoms with Gasteiger partial charge in [0.2, 0.25) is 0 Å². The van der Waals surface area contributed by atoms with Gasteiger partial charge in [0.25, 0.3) is 5.69 Å². The highest BCUT2D eigenvalue weighted by Gasteiger charge is 2.19. The van der Waals surface area contributed by atoms with E-state index in [1.54, 1.807) is 12.1 Å². The van der Waals surface area contributed by atoms with Crippen LogP contribution in [0.1, 0.15) is 5.76 Å². The van der Waals surface area contributed by atoms with Crippen LogP contribution in [0.4, 0.5) is 17.1 Å². The van der Waals surface area contributed by atoms with Gasteiger partial charge in [0, 0.05) is 11.0 Å². The number of hydrogen-bond acceptors (Lipinski definition) is 8. The maximum absolute atomic E-state index is 11.1. The molecule has 0 atom stereocenters. The van der Waals surface area contributed by atoms with Crippen molar-refractivity contribution in [3.63, 3.8) is 0 Å². The monoisotopic (exact) mass is 384 g/mol. The summed E-state index contributed by atoms with van der Waals surface area (Å²) in [5, 5.41) is 26.4. The summed E-state index contributed by atoms with van der Waals surface area (Å²) in [6.45, 7) is 0. The number of hydrogen-bond donors (Lipinski definition) is 1. The maximum Gasteiger partial charge on any atom is 0.301 e. The first-order valence-corrected chi connectivity index (χ1v) is 8.39. The molecule has 9 nitrogen and oxygen atoms in total. The molecule has 1 N–H and O–H groups in total. The molecule has 27 heavy (non-hydrogen) atoms. The summed E-state index contributed by atoms with van der Waals surface area (Å²) in [7, 11) is 0. The van der Waals surface area contributed by atoms with E-state index in [0.717, 1.165) is 17.0 Å². The second kappa shape index (κ2) is 8.15. The molecule has 0 fully saturated rings. The Labute approximate surface area is 157 Å². The van der Waals surface area contributed by atoms with Gasteiger partial charge in [-0.05, 0) is 30.3 Å². The van der Waals surface area contributed by atoms with E-state index in [1.807, 2.05) is 30.3 Å². The minimum absolute atomic E-state index is 0.0345. The average Bonchev–Trinajstić information content (AvgIpc) is 3.09. The van der Waals surface area contributed by atoms with E-state index in [2.05, 4.69) is 10.5 Å². The normalized spacial score (nSPS) is 10.8. The third-order valence-corrected chi connectivity index (χ3v) is 4.26. The van der Waals surface area contributed by atoms with Gasteiger partial charge in [-0.1, -0.05) is 30.0 Å². The van der Waals surface area contributed by atoms with Crippen LogP contribution in [0.5, 0.6) is 0 Å². The van der Waals surface area contributed by atoms with Crippen molar-refractivity contribution in [3.8, 4) is 0 Å². The van der Waals surface area contributed by atoms with Crippen molar-refractivity contribution < 1.29 is 14.3 Å². The minimum Gasteiger partial charge on any atom is -0.448 e. The van der Waals surface area contributed by atoms with Gasteiger partial charge in [-0.15, -0.1) is 0 Å². The van der Waals surface area contributed by atoms with Crippen LogP contribution in [0.25, 0.3) is 0 Å². The van der Waals surface area contributed by atoms with Crippen molar-refractivity contribution in [1.29, 1.82) is 0 Å². The Hall–Kier alpha value is -3.66. The number of anilines is 1. The zero-order valence-electron chi connectivity index (χ0n) is 13.6. The van der Waals surface area contributed by atoms with E-state index in [-0.39, 0.29) is 11.4 Å². The molecule has 0 saturated carbocycles. The molecular weight excluding hydrogens is 372 g/mol. The predicted octanol–water partition coefficient (Wildman–Crippen LogP) is 4.69. The molecule has 0 bridgehead atoms. The lowest BCUT2D eigenvalue weighted by atomic mass is 10.2. The molecule has 0 aliphatic carbocycles. The Morgan fingerprint density at radius 2 is 1.78 bits per heavy atom. The van der Waals surface area contributed by atoms with Crippen LogP contribution in [-0.4, -0.2) is 16.1 Å². The van der Waals surface area contributed by atoms with Crippen LogP contribution in [0.3, 0.4) is 0 Å². The molecule has 1 aromatic heterocycles. The molecule has 10 heteroatoms. The number of nitrogens with one attached hydrogen (secondary N) is 1. The van der Waals surface area contributed by atoms with E-state index < -0.39 is 15.5 Å². The van der Waals surface area contributed by atoms with Gasteiger partial charge in [0.1, 0.15) is 11.4 Å². The van der Waals surface area contributed by atoms with E-state index >= 15 is 0 Å². The van der Waals surface area contributed by atoms with E-state index in [0.29, 0.717) is 10.9 Å². The van der Waals surface area contributed by atoms with E-state index in [4.69, 9.17) is 4.42 Å². The van der Waals surface area contributed by atoms with Crippen molar-refractivity contribution >= 4 is 35.0 Å². The van der Waals surface area contributed by atoms with Crippen molar-refractivity contribution in [2.75, 3.05) is 5.43 Å². The second-order valence-corrected chi connectivity index (χ2v) is 6.24. The Kier molecular flexibility index (Phi) is 5.47. The fourth-order valence-electron chi connectivity index (χ4n) is 2.11. The predicted molar refractivity (Wildman–Crippen MR) is 100 cm³/mol. The van der Waals surface area contributed by atoms with Gasteiger partial charge < -0.3 is 4.42 Å². The summed E-state index contributed by atoms with van der Waals surface area (Å²) in [6, 6.07) is 16.4. The topological polar surface area (TPSA) is 124 Å². The highest BCUT2D eigenvalue weighted by atomic mass is 32.2. The Balaban J connectivity index is 1.69. The molecule has 0 aliphatic rings. The number of nitro benzene ring substituents is 2. The minimum atomic E-state index is -0.716. The summed E-state index contributed by atoms with van der Waals surface area (Å²) in [6.07, 6.45) is 1.36. The number of hydrazone groups is 1. The lowest BCUT2D eigenvalue weighted by molar-refractivity contribution is -0.393. The molecule has 0 unspecified atom stereocenters. The van der Waals surface area contributed by atoms with Crippen molar-refractivity contribution in [3.05, 3.63) is 86.7 Å². The Bertz CT molecular complexity index is 1000. The highest BCUT2D eigenvalue weighted by Crippen LogP contribution is 2.30. The van der Waals surface area contributed by atoms with Crippen molar-refractivity contribution in [1.82, 2.24) is 0 Å². The third-order valence-electron chi connectivity index (χ3n) is 3.33. The average molecular weight is 384 g/mol. The van der Waals surface area contributed by atoms with Crippen LogP contribution in [0.15, 0.2) is 80.2 Å². The fraction of sp³-hybridized carbons (Fsp3) is 0. The molecule has 3 aromatic rings. The molecule has 0 spiro atoms. The van der Waals surface area contributed by atoms with Crippen molar-refractivity contribution in [2.24, 2.45) is 5.10 Å². The van der Waals surface area contributed by atoms with E-state index in [1.165, 1.54) is 24.0 Å². The van der Waals surface area contributed by atoms with Crippen LogP contribution < -0.4 is 5.43 Å². The number of rotatable bonds is 7. The number of benzene rings is 2. The standard InChI is InChI=1S/C17H12N4O5S/c22-20(23)12-6-8-15(16(10-12)21(24)25)19-18-11-13-7-9-17(26-13)27-14-4-2-1-3-5-14/h1-11,19H/b18-11-. The zero-order chi connectivity index (χ0) is 19.2. The van der Waals surface area contributed by atoms with Gasteiger partial charge in [0.15, 0.2) is 5.09 Å². The summed E-state index contributed by atoms with van der Waals surface area (Å²) >= 11 is 1.45. The van der Waals surface area contributed by atoms with Crippen LogP contribution >= 0.6 is 11.8 Å². The van der Waals surface area contributed by atoms with E-state index in [9.17, 15) is 20.2 Å². The largest absolute Gasteiger partial charge is 0.448 e. The highest BCUT2D eigenvalue weighted by molar-refractivity contribution is 7.99. The first-order chi connectivity index (χ1) is 13.0. The summed E-state index contributed by atoms with van der Waals surface area (Å²) in [4.78, 5) is 21.4. The zero-order valence-corrected chi connectivity index (χ0v) is 14.5. The number of nitrogens with zero attached hydrogens (tertiary/aromatic N) is 3. The SMILES string of the molecule is O=[N+]([O-])c1ccc(N/N=C\c2ccc(Sc3ccccc3)o2)c([N+](=O)[O-])c1. The van der Waals surface area contributed by atoms with Crippen molar-refractivity contribution in [2.45, 2.75) is 9.99 Å². The Morgan fingerprint density at radius 1 is 1.00 bits per heavy atom. The molecule has 0 amide bonds. The number of nitro groups is 2. The summed E-state index contributed by atoms with van der Waals surface area (Å²) < 4.78 is 5.60. The smallest absolute Gasteiger partial charge is 0.301 e. The van der Waals surface area contributed by atoms with Gasteiger partial charge in [-0.25, -0.2) is 0 Å². The van der Waals surface area contributed by atoms with Crippen LogP contribution in [0.2, 0.25) is 0 Å². The lowest BCUT2D eigenvalue weighted by Crippen LogP contribution is -1.98. The molecule has 1 heterocycles. The molecule has 0 radical (unpaired) electrons. The molecular formula is C17H12N4O5S. The molecule has 3 rings (SSSR count). The molecule has 0 aliphatic heterocycles. The lowest BCUT2D eigenvalue weighted by Gasteiger charge is -2.01. The van der Waals surface area contributed by atoms with Gasteiger partial charge in [0.05, 0.1) is 22.1 Å².